The number of hydrogen-bond donors (Lipinski definition) is 2. The molecule has 38 heavy (non-hydrogen) atoms. The Hall–Kier alpha value is -4.84. The Balaban J connectivity index is 1.21. The third kappa shape index (κ3) is 5.44. The van der Waals surface area contributed by atoms with Gasteiger partial charge in [0.25, 0.3) is 5.91 Å². The zero-order valence-corrected chi connectivity index (χ0v) is 21.5. The molecule has 0 saturated heterocycles. The van der Waals surface area contributed by atoms with Crippen molar-refractivity contribution in [3.05, 3.63) is 115 Å². The molecule has 0 bridgehead atoms. The van der Waals surface area contributed by atoms with Gasteiger partial charge in [-0.1, -0.05) is 12.1 Å². The molecule has 5 rings (SSSR count). The van der Waals surface area contributed by atoms with Crippen LogP contribution in [0.15, 0.2) is 103 Å². The summed E-state index contributed by atoms with van der Waals surface area (Å²) in [5.41, 5.74) is 5.11. The Kier molecular flexibility index (Phi) is 7.22. The fourth-order valence-corrected chi connectivity index (χ4v) is 4.57. The van der Waals surface area contributed by atoms with Crippen molar-refractivity contribution in [2.45, 2.75) is 26.9 Å². The summed E-state index contributed by atoms with van der Waals surface area (Å²) in [7, 11) is 0. The van der Waals surface area contributed by atoms with Crippen LogP contribution >= 0.6 is 0 Å². The predicted octanol–water partition coefficient (Wildman–Crippen LogP) is 5.51. The molecule has 2 aromatic heterocycles. The van der Waals surface area contributed by atoms with Crippen LogP contribution in [0.2, 0.25) is 0 Å². The highest BCUT2D eigenvalue weighted by molar-refractivity contribution is 6.05. The average molecular weight is 503 g/mol. The molecule has 188 valence electrons. The summed E-state index contributed by atoms with van der Waals surface area (Å²) in [5.74, 6) is -0.399. The molecular formula is C32H30N4O2+2. The first-order chi connectivity index (χ1) is 18.5. The van der Waals surface area contributed by atoms with Crippen molar-refractivity contribution in [3.63, 3.8) is 0 Å². The second kappa shape index (κ2) is 11.0. The molecule has 2 heterocycles. The molecule has 0 atom stereocenters. The summed E-state index contributed by atoms with van der Waals surface area (Å²) in [6.45, 7) is 5.97. The molecule has 2 N–H and O–H groups in total. The van der Waals surface area contributed by atoms with E-state index in [9.17, 15) is 9.59 Å². The predicted molar refractivity (Wildman–Crippen MR) is 152 cm³/mol. The number of fused-ring (bicyclic) bond motifs is 2. The van der Waals surface area contributed by atoms with E-state index in [2.05, 4.69) is 33.6 Å². The van der Waals surface area contributed by atoms with E-state index in [-0.39, 0.29) is 11.8 Å². The number of amides is 2. The van der Waals surface area contributed by atoms with E-state index in [1.54, 1.807) is 18.2 Å². The van der Waals surface area contributed by atoms with Gasteiger partial charge in [0.15, 0.2) is 12.4 Å². The monoisotopic (exact) mass is 502 g/mol. The molecule has 0 radical (unpaired) electrons. The van der Waals surface area contributed by atoms with E-state index in [0.29, 0.717) is 5.56 Å². The van der Waals surface area contributed by atoms with Gasteiger partial charge in [-0.3, -0.25) is 9.59 Å². The van der Waals surface area contributed by atoms with Gasteiger partial charge < -0.3 is 10.6 Å². The first-order valence-corrected chi connectivity index (χ1v) is 12.8. The molecule has 0 unspecified atom stereocenters. The summed E-state index contributed by atoms with van der Waals surface area (Å²) in [4.78, 5) is 25.3. The van der Waals surface area contributed by atoms with Crippen LogP contribution in [0.1, 0.15) is 29.8 Å². The minimum Gasteiger partial charge on any atom is -0.322 e. The van der Waals surface area contributed by atoms with E-state index < -0.39 is 0 Å². The summed E-state index contributed by atoms with van der Waals surface area (Å²) >= 11 is 0. The van der Waals surface area contributed by atoms with Crippen LogP contribution in [0.3, 0.4) is 0 Å². The van der Waals surface area contributed by atoms with Crippen LogP contribution in [-0.2, 0) is 17.9 Å². The van der Waals surface area contributed by atoms with Gasteiger partial charge in [0.2, 0.25) is 16.9 Å². The van der Waals surface area contributed by atoms with Gasteiger partial charge in [0.1, 0.15) is 13.1 Å². The summed E-state index contributed by atoms with van der Waals surface area (Å²) in [5, 5.41) is 8.03. The van der Waals surface area contributed by atoms with Gasteiger partial charge >= 0.3 is 0 Å². The van der Waals surface area contributed by atoms with Crippen LogP contribution in [0.25, 0.3) is 27.9 Å². The molecule has 0 spiro atoms. The maximum Gasteiger partial charge on any atom is 0.255 e. The zero-order chi connectivity index (χ0) is 26.5. The standard InChI is InChI=1S/C32H28N4O2/c1-3-35-19-5-7-25-21-27(14-16-29(25)35)33-31(37)18-11-23-9-12-24(13-10-23)32(38)34-28-15-17-30-26(22-28)8-6-20-36(30)4-2/h5-22H,3-4H2,1-2H3/p+2/b18-11+. The number of nitrogens with zero attached hydrogens (tertiary/aromatic N) is 2. The van der Waals surface area contributed by atoms with Gasteiger partial charge in [-0.15, -0.1) is 0 Å². The van der Waals surface area contributed by atoms with Gasteiger partial charge in [-0.05, 0) is 74.0 Å². The van der Waals surface area contributed by atoms with E-state index in [1.807, 2.05) is 85.2 Å². The van der Waals surface area contributed by atoms with Crippen molar-refractivity contribution in [1.29, 1.82) is 0 Å². The van der Waals surface area contributed by atoms with Gasteiger partial charge in [0, 0.05) is 58.1 Å². The topological polar surface area (TPSA) is 66.0 Å². The highest BCUT2D eigenvalue weighted by atomic mass is 16.2. The Morgan fingerprint density at radius 1 is 0.711 bits per heavy atom. The number of hydrogen-bond acceptors (Lipinski definition) is 2. The van der Waals surface area contributed by atoms with Crippen molar-refractivity contribution in [3.8, 4) is 0 Å². The highest BCUT2D eigenvalue weighted by Crippen LogP contribution is 2.19. The number of nitrogens with one attached hydrogen (secondary N) is 2. The average Bonchev–Trinajstić information content (AvgIpc) is 2.95. The molecule has 0 aliphatic carbocycles. The molecule has 0 aliphatic rings. The molecule has 6 nitrogen and oxygen atoms in total. The third-order valence-corrected chi connectivity index (χ3v) is 6.56. The SMILES string of the molecule is CC[n+]1cccc2cc(NC(=O)/C=C/c3ccc(C(=O)Nc4ccc5c(ccc[n+]5CC)c4)cc3)ccc21. The lowest BCUT2D eigenvalue weighted by molar-refractivity contribution is -0.668. The quantitative estimate of drug-likeness (QED) is 0.228. The van der Waals surface area contributed by atoms with E-state index in [1.165, 1.54) is 6.08 Å². The maximum absolute atomic E-state index is 12.8. The van der Waals surface area contributed by atoms with Crippen molar-refractivity contribution >= 4 is 51.1 Å². The zero-order valence-electron chi connectivity index (χ0n) is 21.5. The lowest BCUT2D eigenvalue weighted by Crippen LogP contribution is -2.32. The van der Waals surface area contributed by atoms with Crippen molar-refractivity contribution in [2.24, 2.45) is 0 Å². The van der Waals surface area contributed by atoms with Crippen LogP contribution in [0.4, 0.5) is 11.4 Å². The summed E-state index contributed by atoms with van der Waals surface area (Å²) < 4.78 is 4.32. The number of carbonyl (C=O) groups excluding carboxylic acids is 2. The number of rotatable bonds is 7. The lowest BCUT2D eigenvalue weighted by atomic mass is 10.1. The number of aryl methyl sites for hydroxylation is 2. The van der Waals surface area contributed by atoms with Crippen molar-refractivity contribution < 1.29 is 18.7 Å². The first kappa shape index (κ1) is 24.8. The molecule has 6 heteroatoms. The Bertz CT molecular complexity index is 1670. The number of benzene rings is 3. The van der Waals surface area contributed by atoms with E-state index in [4.69, 9.17) is 0 Å². The Labute approximate surface area is 221 Å². The lowest BCUT2D eigenvalue weighted by Gasteiger charge is -2.07. The highest BCUT2D eigenvalue weighted by Gasteiger charge is 2.11. The molecular weight excluding hydrogens is 472 g/mol. The number of aromatic nitrogens is 2. The van der Waals surface area contributed by atoms with Gasteiger partial charge in [-0.2, -0.15) is 9.13 Å². The first-order valence-electron chi connectivity index (χ1n) is 12.8. The Morgan fingerprint density at radius 2 is 1.26 bits per heavy atom. The Morgan fingerprint density at radius 3 is 1.82 bits per heavy atom. The van der Waals surface area contributed by atoms with E-state index in [0.717, 1.165) is 51.8 Å². The van der Waals surface area contributed by atoms with E-state index >= 15 is 0 Å². The summed E-state index contributed by atoms with van der Waals surface area (Å²) in [6.07, 6.45) is 7.32. The molecule has 0 fully saturated rings. The minimum absolute atomic E-state index is 0.183. The number of pyridine rings is 2. The second-order valence-corrected chi connectivity index (χ2v) is 9.03. The normalized spacial score (nSPS) is 11.2. The molecule has 3 aromatic carbocycles. The van der Waals surface area contributed by atoms with Crippen LogP contribution in [-0.4, -0.2) is 11.8 Å². The van der Waals surface area contributed by atoms with Crippen molar-refractivity contribution in [1.82, 2.24) is 0 Å². The largest absolute Gasteiger partial charge is 0.322 e. The summed E-state index contributed by atoms with van der Waals surface area (Å²) in [6, 6.07) is 27.0. The number of anilines is 2. The smallest absolute Gasteiger partial charge is 0.255 e. The minimum atomic E-state index is -0.217. The van der Waals surface area contributed by atoms with Crippen LogP contribution in [0, 0.1) is 0 Å². The van der Waals surface area contributed by atoms with Crippen LogP contribution in [0.5, 0.6) is 0 Å². The maximum atomic E-state index is 12.8. The fourth-order valence-electron chi connectivity index (χ4n) is 4.57. The fraction of sp³-hybridized carbons (Fsp3) is 0.125. The molecule has 0 saturated carbocycles. The third-order valence-electron chi connectivity index (χ3n) is 6.56. The second-order valence-electron chi connectivity index (χ2n) is 9.03. The van der Waals surface area contributed by atoms with Crippen molar-refractivity contribution in [2.75, 3.05) is 10.6 Å². The van der Waals surface area contributed by atoms with Gasteiger partial charge in [0.05, 0.1) is 0 Å². The van der Waals surface area contributed by atoms with Crippen LogP contribution < -0.4 is 19.8 Å². The van der Waals surface area contributed by atoms with Gasteiger partial charge in [-0.25, -0.2) is 0 Å². The number of carbonyl (C=O) groups is 2. The molecule has 2 amide bonds. The molecule has 0 aliphatic heterocycles. The molecule has 5 aromatic rings.